The van der Waals surface area contributed by atoms with Gasteiger partial charge in [0.05, 0.1) is 0 Å². The lowest BCUT2D eigenvalue weighted by Gasteiger charge is -2.39. The summed E-state index contributed by atoms with van der Waals surface area (Å²) < 4.78 is 11.9. The second-order valence-corrected chi connectivity index (χ2v) is 13.5. The van der Waals surface area contributed by atoms with E-state index in [9.17, 15) is 4.79 Å². The van der Waals surface area contributed by atoms with E-state index in [1.165, 1.54) is 19.3 Å². The van der Waals surface area contributed by atoms with Gasteiger partial charge in [0.15, 0.2) is 8.32 Å². The quantitative estimate of drug-likeness (QED) is 0.190. The molecule has 25 heavy (non-hydrogen) atoms. The van der Waals surface area contributed by atoms with Gasteiger partial charge in [0.1, 0.15) is 6.10 Å². The smallest absolute Gasteiger partial charge is 0.334 e. The predicted octanol–water partition coefficient (Wildman–Crippen LogP) is 6.17. The van der Waals surface area contributed by atoms with Crippen molar-refractivity contribution in [2.24, 2.45) is 0 Å². The molecule has 0 saturated heterocycles. The Morgan fingerprint density at radius 2 is 1.92 bits per heavy atom. The van der Waals surface area contributed by atoms with Gasteiger partial charge >= 0.3 is 5.97 Å². The van der Waals surface area contributed by atoms with E-state index in [4.69, 9.17) is 9.16 Å². The van der Waals surface area contributed by atoms with Crippen LogP contribution >= 0.6 is 0 Å². The van der Waals surface area contributed by atoms with E-state index in [1.807, 2.05) is 19.1 Å². The molecule has 0 radical (unpaired) electrons. The van der Waals surface area contributed by atoms with Crippen LogP contribution in [-0.4, -0.2) is 26.5 Å². The highest BCUT2D eigenvalue weighted by atomic mass is 28.4. The topological polar surface area (TPSA) is 35.5 Å². The van der Waals surface area contributed by atoms with Crippen LogP contribution in [0.5, 0.6) is 0 Å². The van der Waals surface area contributed by atoms with Crippen molar-refractivity contribution in [1.29, 1.82) is 0 Å². The van der Waals surface area contributed by atoms with Crippen LogP contribution in [0.4, 0.5) is 0 Å². The van der Waals surface area contributed by atoms with Gasteiger partial charge in [0.25, 0.3) is 0 Å². The summed E-state index contributed by atoms with van der Waals surface area (Å²) in [5.74, 6) is -0.165. The summed E-state index contributed by atoms with van der Waals surface area (Å²) in [5, 5.41) is 0.174. The highest BCUT2D eigenvalue weighted by Crippen LogP contribution is 2.38. The van der Waals surface area contributed by atoms with Crippen LogP contribution in [0.25, 0.3) is 0 Å². The lowest BCUT2D eigenvalue weighted by Crippen LogP contribution is -2.44. The van der Waals surface area contributed by atoms with E-state index in [1.54, 1.807) is 0 Å². The van der Waals surface area contributed by atoms with Crippen LogP contribution in [0, 0.1) is 0 Å². The Morgan fingerprint density at radius 3 is 2.44 bits per heavy atom. The lowest BCUT2D eigenvalue weighted by molar-refractivity contribution is -0.139. The Bertz CT molecular complexity index is 474. The molecule has 0 amide bonds. The Balaban J connectivity index is 2.65. The van der Waals surface area contributed by atoms with Crippen molar-refractivity contribution in [3.8, 4) is 0 Å². The average Bonchev–Trinajstić information content (AvgIpc) is 2.78. The van der Waals surface area contributed by atoms with Gasteiger partial charge in [-0.05, 0) is 50.4 Å². The summed E-state index contributed by atoms with van der Waals surface area (Å²) in [6, 6.07) is 0. The number of allylic oxidation sites excluding steroid dienone is 1. The summed E-state index contributed by atoms with van der Waals surface area (Å²) in [6.45, 7) is 17.0. The first-order valence-corrected chi connectivity index (χ1v) is 12.7. The Hall–Kier alpha value is -0.873. The summed E-state index contributed by atoms with van der Waals surface area (Å²) in [4.78, 5) is 12.0. The number of hydrogen-bond acceptors (Lipinski definition) is 3. The fourth-order valence-electron chi connectivity index (χ4n) is 2.84. The van der Waals surface area contributed by atoms with Crippen LogP contribution in [0.1, 0.15) is 72.6 Å². The fourth-order valence-corrected chi connectivity index (χ4v) is 4.22. The zero-order valence-corrected chi connectivity index (χ0v) is 18.2. The second kappa shape index (κ2) is 9.72. The third-order valence-electron chi connectivity index (χ3n) is 5.39. The van der Waals surface area contributed by atoms with Crippen molar-refractivity contribution in [2.75, 3.05) is 0 Å². The molecule has 0 bridgehead atoms. The second-order valence-electron chi connectivity index (χ2n) is 8.79. The number of cyclic esters (lactones) is 1. The van der Waals surface area contributed by atoms with Gasteiger partial charge in [-0.2, -0.15) is 0 Å². The van der Waals surface area contributed by atoms with Crippen molar-refractivity contribution >= 4 is 14.3 Å². The molecule has 144 valence electrons. The molecule has 0 aromatic rings. The van der Waals surface area contributed by atoms with Gasteiger partial charge in [0.2, 0.25) is 0 Å². The molecule has 0 N–H and O–H groups in total. The third kappa shape index (κ3) is 7.49. The molecule has 1 rings (SSSR count). The molecule has 2 atom stereocenters. The van der Waals surface area contributed by atoms with Crippen molar-refractivity contribution in [3.63, 3.8) is 0 Å². The maximum atomic E-state index is 12.0. The molecule has 0 saturated carbocycles. The number of hydrogen-bond donors (Lipinski definition) is 0. The summed E-state index contributed by atoms with van der Waals surface area (Å²) in [7, 11) is -1.85. The Labute approximate surface area is 156 Å². The van der Waals surface area contributed by atoms with Gasteiger partial charge in [0, 0.05) is 18.1 Å². The van der Waals surface area contributed by atoms with Crippen LogP contribution in [0.2, 0.25) is 18.1 Å². The third-order valence-corrected chi connectivity index (χ3v) is 9.93. The minimum Gasteiger partial charge on any atom is -0.455 e. The highest BCUT2D eigenvalue weighted by molar-refractivity contribution is 6.74. The minimum atomic E-state index is -1.85. The number of esters is 1. The van der Waals surface area contributed by atoms with E-state index in [0.717, 1.165) is 24.8 Å². The molecule has 0 aliphatic carbocycles. The van der Waals surface area contributed by atoms with Gasteiger partial charge in [-0.15, -0.1) is 6.58 Å². The predicted molar refractivity (Wildman–Crippen MR) is 108 cm³/mol. The van der Waals surface area contributed by atoms with E-state index in [2.05, 4.69) is 40.4 Å². The molecule has 1 heterocycles. The molecular formula is C21H38O3Si. The first-order valence-electron chi connectivity index (χ1n) is 9.77. The molecule has 0 aromatic carbocycles. The number of rotatable bonds is 11. The van der Waals surface area contributed by atoms with Crippen LogP contribution in [0.3, 0.4) is 0 Å². The number of carbonyl (C=O) groups excluding carboxylic acids is 1. The largest absolute Gasteiger partial charge is 0.455 e. The molecule has 1 aliphatic rings. The lowest BCUT2D eigenvalue weighted by atomic mass is 10.0. The first kappa shape index (κ1) is 22.2. The van der Waals surface area contributed by atoms with Gasteiger partial charge in [-0.25, -0.2) is 4.79 Å². The molecule has 0 aromatic heterocycles. The zero-order valence-electron chi connectivity index (χ0n) is 17.2. The minimum absolute atomic E-state index is 0.102. The molecule has 4 heteroatoms. The SMILES string of the molecule is C=CCCCCCC[C@H](CC1=C[C@H](C)OC1=O)O[Si](C)(C)C(C)(C)C. The summed E-state index contributed by atoms with van der Waals surface area (Å²) in [5.41, 5.74) is 0.794. The molecule has 3 nitrogen and oxygen atoms in total. The molecular weight excluding hydrogens is 328 g/mol. The first-order chi connectivity index (χ1) is 11.6. The van der Waals surface area contributed by atoms with Crippen LogP contribution in [-0.2, 0) is 14.0 Å². The monoisotopic (exact) mass is 366 g/mol. The number of ether oxygens (including phenoxy) is 1. The zero-order chi connectivity index (χ0) is 19.1. The normalized spacial score (nSPS) is 19.5. The standard InChI is InChI=1S/C21H38O3Si/c1-8-9-10-11-12-13-14-19(24-25(6,7)21(3,4)5)16-18-15-17(2)23-20(18)22/h8,15,17,19H,1,9-14,16H2,2-7H3/t17-,19+/m0/s1. The van der Waals surface area contributed by atoms with Gasteiger partial charge in [-0.3, -0.25) is 0 Å². The maximum absolute atomic E-state index is 12.0. The Kier molecular flexibility index (Phi) is 8.62. The van der Waals surface area contributed by atoms with E-state index in [0.29, 0.717) is 6.42 Å². The van der Waals surface area contributed by atoms with Crippen molar-refractivity contribution in [1.82, 2.24) is 0 Å². The molecule has 1 aliphatic heterocycles. The Morgan fingerprint density at radius 1 is 1.28 bits per heavy atom. The van der Waals surface area contributed by atoms with Crippen molar-refractivity contribution < 1.29 is 14.0 Å². The summed E-state index contributed by atoms with van der Waals surface area (Å²) in [6.07, 6.45) is 11.6. The van der Waals surface area contributed by atoms with E-state index < -0.39 is 8.32 Å². The van der Waals surface area contributed by atoms with Crippen molar-refractivity contribution in [3.05, 3.63) is 24.3 Å². The van der Waals surface area contributed by atoms with Gasteiger partial charge < -0.3 is 9.16 Å². The van der Waals surface area contributed by atoms with Crippen LogP contribution in [0.15, 0.2) is 24.3 Å². The van der Waals surface area contributed by atoms with Gasteiger partial charge in [-0.1, -0.05) is 46.1 Å². The highest BCUT2D eigenvalue weighted by Gasteiger charge is 2.39. The van der Waals surface area contributed by atoms with E-state index >= 15 is 0 Å². The molecule has 0 unspecified atom stereocenters. The maximum Gasteiger partial charge on any atom is 0.334 e. The number of carbonyl (C=O) groups is 1. The van der Waals surface area contributed by atoms with E-state index in [-0.39, 0.29) is 23.2 Å². The van der Waals surface area contributed by atoms with Crippen LogP contribution < -0.4 is 0 Å². The average molecular weight is 367 g/mol. The fraction of sp³-hybridized carbons (Fsp3) is 0.762. The molecule has 0 spiro atoms. The number of unbranched alkanes of at least 4 members (excludes halogenated alkanes) is 4. The molecule has 0 fully saturated rings. The summed E-state index contributed by atoms with van der Waals surface area (Å²) >= 11 is 0. The van der Waals surface area contributed by atoms with Crippen molar-refractivity contribution in [2.45, 2.75) is 103 Å².